The number of carbonyl (C=O) groups is 1. The first kappa shape index (κ1) is 16.5. The van der Waals surface area contributed by atoms with E-state index in [-0.39, 0.29) is 36.3 Å². The molecule has 1 aromatic rings. The van der Waals surface area contributed by atoms with Gasteiger partial charge >= 0.3 is 0 Å². The topological polar surface area (TPSA) is 46.3 Å². The van der Waals surface area contributed by atoms with E-state index in [1.165, 1.54) is 10.4 Å². The minimum atomic E-state index is -0.0979. The molecule has 0 aromatic carbocycles. The Hall–Kier alpha value is -0.580. The number of hydrogen-bond acceptors (Lipinski definition) is 3. The summed E-state index contributed by atoms with van der Waals surface area (Å²) in [6.45, 7) is 6.82. The fraction of sp³-hybridized carbons (Fsp3) is 0.643. The third-order valence-corrected chi connectivity index (χ3v) is 4.94. The van der Waals surface area contributed by atoms with Gasteiger partial charge in [-0.1, -0.05) is 13.8 Å². The lowest BCUT2D eigenvalue weighted by atomic mass is 9.94. The molecule has 0 bridgehead atoms. The van der Waals surface area contributed by atoms with Crippen molar-refractivity contribution in [3.63, 3.8) is 0 Å². The fourth-order valence-corrected chi connectivity index (χ4v) is 3.52. The molecule has 1 aliphatic heterocycles. The van der Waals surface area contributed by atoms with Gasteiger partial charge in [0.05, 0.1) is 12.0 Å². The summed E-state index contributed by atoms with van der Waals surface area (Å²) in [6, 6.07) is 2.33. The minimum Gasteiger partial charge on any atom is -0.335 e. The Morgan fingerprint density at radius 2 is 2.26 bits per heavy atom. The van der Waals surface area contributed by atoms with Gasteiger partial charge < -0.3 is 10.6 Å². The van der Waals surface area contributed by atoms with Gasteiger partial charge in [0.1, 0.15) is 0 Å². The van der Waals surface area contributed by atoms with Gasteiger partial charge in [0.25, 0.3) is 0 Å². The van der Waals surface area contributed by atoms with Crippen molar-refractivity contribution in [1.82, 2.24) is 4.90 Å². The average Bonchev–Trinajstić information content (AvgIpc) is 2.83. The smallest absolute Gasteiger partial charge is 0.227 e. The quantitative estimate of drug-likeness (QED) is 0.933. The molecule has 0 fully saturated rings. The third-order valence-electron chi connectivity index (χ3n) is 3.94. The second-order valence-electron chi connectivity index (χ2n) is 5.15. The second-order valence-corrected chi connectivity index (χ2v) is 6.15. The van der Waals surface area contributed by atoms with Gasteiger partial charge in [-0.05, 0) is 36.8 Å². The van der Waals surface area contributed by atoms with Gasteiger partial charge in [0, 0.05) is 17.5 Å². The van der Waals surface area contributed by atoms with E-state index in [1.54, 1.807) is 0 Å². The number of thiophene rings is 1. The molecule has 3 unspecified atom stereocenters. The van der Waals surface area contributed by atoms with Crippen molar-refractivity contribution in [3.05, 3.63) is 21.9 Å². The van der Waals surface area contributed by atoms with Crippen LogP contribution in [0.25, 0.3) is 0 Å². The Kier molecular flexibility index (Phi) is 5.83. The van der Waals surface area contributed by atoms with Crippen molar-refractivity contribution >= 4 is 29.7 Å². The second kappa shape index (κ2) is 6.73. The molecule has 108 valence electrons. The Bertz CT molecular complexity index is 433. The molecule has 3 nitrogen and oxygen atoms in total. The summed E-state index contributed by atoms with van der Waals surface area (Å²) in [5.74, 6) is 0.105. The summed E-state index contributed by atoms with van der Waals surface area (Å²) >= 11 is 1.81. The van der Waals surface area contributed by atoms with E-state index in [0.717, 1.165) is 19.4 Å². The van der Waals surface area contributed by atoms with Crippen molar-refractivity contribution < 1.29 is 4.79 Å². The Labute approximate surface area is 125 Å². The lowest BCUT2D eigenvalue weighted by Gasteiger charge is -2.37. The standard InChI is InChI=1S/C14H22N2OS.ClH/c1-4-12-11-6-8-18-13(11)5-7-16(12)14(17)9(2)10(3)15;/h6,8-10,12H,4-5,7,15H2,1-3H3;1H. The van der Waals surface area contributed by atoms with E-state index in [4.69, 9.17) is 5.73 Å². The van der Waals surface area contributed by atoms with Gasteiger partial charge in [-0.15, -0.1) is 23.7 Å². The highest BCUT2D eigenvalue weighted by molar-refractivity contribution is 7.10. The number of hydrogen-bond donors (Lipinski definition) is 1. The van der Waals surface area contributed by atoms with Gasteiger partial charge in [0.2, 0.25) is 5.91 Å². The van der Waals surface area contributed by atoms with Crippen LogP contribution in [-0.4, -0.2) is 23.4 Å². The van der Waals surface area contributed by atoms with E-state index in [2.05, 4.69) is 18.4 Å². The molecule has 1 aromatic heterocycles. The van der Waals surface area contributed by atoms with E-state index in [0.29, 0.717) is 0 Å². The summed E-state index contributed by atoms with van der Waals surface area (Å²) in [7, 11) is 0. The summed E-state index contributed by atoms with van der Waals surface area (Å²) in [5.41, 5.74) is 7.21. The molecule has 0 radical (unpaired) electrons. The van der Waals surface area contributed by atoms with E-state index >= 15 is 0 Å². The van der Waals surface area contributed by atoms with Crippen molar-refractivity contribution in [1.29, 1.82) is 0 Å². The highest BCUT2D eigenvalue weighted by atomic mass is 35.5. The van der Waals surface area contributed by atoms with Crippen molar-refractivity contribution in [3.8, 4) is 0 Å². The highest BCUT2D eigenvalue weighted by Gasteiger charge is 2.33. The SMILES string of the molecule is CCC1c2ccsc2CCN1C(=O)C(C)C(C)N.Cl. The molecule has 0 saturated carbocycles. The Morgan fingerprint density at radius 3 is 2.84 bits per heavy atom. The van der Waals surface area contributed by atoms with Gasteiger partial charge in [-0.2, -0.15) is 0 Å². The number of halogens is 1. The van der Waals surface area contributed by atoms with Crippen LogP contribution in [0.15, 0.2) is 11.4 Å². The molecule has 0 aliphatic carbocycles. The molecule has 2 N–H and O–H groups in total. The summed E-state index contributed by atoms with van der Waals surface area (Å²) in [6.07, 6.45) is 1.96. The zero-order valence-corrected chi connectivity index (χ0v) is 13.4. The zero-order chi connectivity index (χ0) is 13.3. The highest BCUT2D eigenvalue weighted by Crippen LogP contribution is 2.36. The number of nitrogens with two attached hydrogens (primary N) is 1. The first-order chi connectivity index (χ1) is 8.56. The van der Waals surface area contributed by atoms with Crippen LogP contribution in [0.3, 0.4) is 0 Å². The zero-order valence-electron chi connectivity index (χ0n) is 11.8. The minimum absolute atomic E-state index is 0. The molecule has 2 heterocycles. The molecule has 19 heavy (non-hydrogen) atoms. The number of nitrogens with zero attached hydrogens (tertiary/aromatic N) is 1. The maximum absolute atomic E-state index is 12.5. The normalized spacial score (nSPS) is 21.3. The van der Waals surface area contributed by atoms with Crippen LogP contribution in [0.5, 0.6) is 0 Å². The van der Waals surface area contributed by atoms with Crippen LogP contribution in [-0.2, 0) is 11.2 Å². The van der Waals surface area contributed by atoms with Gasteiger partial charge in [-0.25, -0.2) is 0 Å². The number of carbonyl (C=O) groups excluding carboxylic acids is 1. The Morgan fingerprint density at radius 1 is 1.58 bits per heavy atom. The molecule has 3 atom stereocenters. The van der Waals surface area contributed by atoms with Gasteiger partial charge in [-0.3, -0.25) is 4.79 Å². The molecule has 0 spiro atoms. The average molecular weight is 303 g/mol. The van der Waals surface area contributed by atoms with Crippen molar-refractivity contribution in [2.75, 3.05) is 6.54 Å². The monoisotopic (exact) mass is 302 g/mol. The van der Waals surface area contributed by atoms with Crippen molar-refractivity contribution in [2.45, 2.75) is 45.7 Å². The van der Waals surface area contributed by atoms with Crippen LogP contribution in [0, 0.1) is 5.92 Å². The van der Waals surface area contributed by atoms with Gasteiger partial charge in [0.15, 0.2) is 0 Å². The molecule has 0 saturated heterocycles. The molecule has 1 aliphatic rings. The predicted octanol–water partition coefficient (Wildman–Crippen LogP) is 2.99. The van der Waals surface area contributed by atoms with E-state index in [9.17, 15) is 4.79 Å². The number of amides is 1. The molecule has 1 amide bonds. The predicted molar refractivity (Wildman–Crippen MR) is 82.8 cm³/mol. The van der Waals surface area contributed by atoms with Crippen LogP contribution >= 0.6 is 23.7 Å². The Balaban J connectivity index is 0.00000180. The third kappa shape index (κ3) is 3.12. The van der Waals surface area contributed by atoms with Crippen LogP contribution < -0.4 is 5.73 Å². The first-order valence-corrected chi connectivity index (χ1v) is 7.56. The fourth-order valence-electron chi connectivity index (χ4n) is 2.59. The lowest BCUT2D eigenvalue weighted by molar-refractivity contribution is -0.138. The largest absolute Gasteiger partial charge is 0.335 e. The maximum Gasteiger partial charge on any atom is 0.227 e. The number of fused-ring (bicyclic) bond motifs is 1. The van der Waals surface area contributed by atoms with E-state index < -0.39 is 0 Å². The molecular weight excluding hydrogens is 280 g/mol. The van der Waals surface area contributed by atoms with Crippen LogP contribution in [0.4, 0.5) is 0 Å². The van der Waals surface area contributed by atoms with Crippen molar-refractivity contribution in [2.24, 2.45) is 11.7 Å². The molecule has 2 rings (SSSR count). The lowest BCUT2D eigenvalue weighted by Crippen LogP contribution is -2.45. The van der Waals surface area contributed by atoms with Crippen LogP contribution in [0.2, 0.25) is 0 Å². The first-order valence-electron chi connectivity index (χ1n) is 6.68. The summed E-state index contributed by atoms with van der Waals surface area (Å²) in [4.78, 5) is 16.0. The molecule has 5 heteroatoms. The van der Waals surface area contributed by atoms with E-state index in [1.807, 2.05) is 30.1 Å². The maximum atomic E-state index is 12.5. The van der Waals surface area contributed by atoms with Crippen LogP contribution in [0.1, 0.15) is 43.7 Å². The summed E-state index contributed by atoms with van der Waals surface area (Å²) in [5, 5.41) is 2.14. The molecular formula is C14H23ClN2OS. The number of rotatable bonds is 3. The summed E-state index contributed by atoms with van der Waals surface area (Å²) < 4.78 is 0.